The zero-order valence-electron chi connectivity index (χ0n) is 18.7. The molecular weight excluding hydrogens is 611 g/mol. The van der Waals surface area contributed by atoms with Crippen LogP contribution in [-0.4, -0.2) is 19.5 Å². The van der Waals surface area contributed by atoms with Crippen LogP contribution >= 0.6 is 0 Å². The molecule has 1 radical (unpaired) electrons. The van der Waals surface area contributed by atoms with Gasteiger partial charge in [0, 0.05) is 50.5 Å². The Morgan fingerprint density at radius 3 is 2.47 bits per heavy atom. The van der Waals surface area contributed by atoms with Gasteiger partial charge in [-0.05, 0) is 35.7 Å². The molecule has 3 heterocycles. The van der Waals surface area contributed by atoms with Gasteiger partial charge in [0.25, 0.3) is 0 Å². The fourth-order valence-corrected chi connectivity index (χ4v) is 3.41. The van der Waals surface area contributed by atoms with Gasteiger partial charge in [0.15, 0.2) is 0 Å². The molecule has 0 saturated heterocycles. The second kappa shape index (κ2) is 11.7. The molecule has 175 valence electrons. The molecule has 0 aliphatic heterocycles. The van der Waals surface area contributed by atoms with Crippen LogP contribution in [0.15, 0.2) is 79.1 Å². The molecule has 0 fully saturated rings. The molecule has 4 nitrogen and oxygen atoms in total. The smallest absolute Gasteiger partial charge is 0.0554 e. The number of pyridine rings is 2. The van der Waals surface area contributed by atoms with Crippen LogP contribution in [-0.2, 0) is 26.5 Å². The number of hydrogen-bond acceptors (Lipinski definition) is 3. The van der Waals surface area contributed by atoms with Gasteiger partial charge >= 0.3 is 0 Å². The average molecular weight is 633 g/mol. The van der Waals surface area contributed by atoms with Gasteiger partial charge in [0.1, 0.15) is 0 Å². The van der Waals surface area contributed by atoms with Gasteiger partial charge in [-0.15, -0.1) is 12.1 Å². The van der Waals surface area contributed by atoms with Crippen molar-refractivity contribution in [1.29, 1.82) is 0 Å². The van der Waals surface area contributed by atoms with Gasteiger partial charge in [-0.3, -0.25) is 13.8 Å². The third-order valence-electron chi connectivity index (χ3n) is 4.85. The number of rotatable bonds is 4. The first kappa shape index (κ1) is 25.3. The number of hydrogen-bond donors (Lipinski definition) is 0. The van der Waals surface area contributed by atoms with E-state index in [4.69, 9.17) is 0 Å². The molecule has 0 N–H and O–H groups in total. The molecule has 0 amide bonds. The Hall–Kier alpha value is -3.28. The summed E-state index contributed by atoms with van der Waals surface area (Å²) in [7, 11) is 0. The minimum atomic E-state index is -0.649. The monoisotopic (exact) mass is 633 g/mol. The minimum absolute atomic E-state index is 0. The van der Waals surface area contributed by atoms with Crippen LogP contribution in [0.3, 0.4) is 0 Å². The summed E-state index contributed by atoms with van der Waals surface area (Å²) >= 11 is 0. The van der Waals surface area contributed by atoms with E-state index in [0.29, 0.717) is 11.6 Å². The minimum Gasteiger partial charge on any atom is -0.411 e. The van der Waals surface area contributed by atoms with Gasteiger partial charge < -0.3 is 14.5 Å². The number of imidazole rings is 1. The summed E-state index contributed by atoms with van der Waals surface area (Å²) in [5.74, 6) is 0.233. The van der Waals surface area contributed by atoms with Crippen LogP contribution in [0.25, 0.3) is 28.1 Å². The van der Waals surface area contributed by atoms with E-state index in [1.807, 2.05) is 35.0 Å². The molecule has 5 aromatic rings. The van der Waals surface area contributed by atoms with E-state index in [1.54, 1.807) is 24.4 Å². The molecule has 3 aromatic heterocycles. The molecule has 0 aliphatic carbocycles. The largest absolute Gasteiger partial charge is 0.411 e. The summed E-state index contributed by atoms with van der Waals surface area (Å²) in [4.78, 5) is 12.7. The molecule has 0 aliphatic rings. The number of benzene rings is 2. The molecule has 7 heteroatoms. The maximum absolute atomic E-state index is 13.2. The standard InChI is InChI=1S/C16H16N3.C11H6F2N.Ir/c1-12(2)9-13-7-8-17-16(10-13)19-11-18-14-5-3-4-6-15(14)19;12-8-4-5-9(10(13)7-8)11-3-1-2-6-14-11;/h3-8,10,12H,9H2,1-2H3;1-4,6-7H;/q2*-1;. The summed E-state index contributed by atoms with van der Waals surface area (Å²) in [6.45, 7) is 4.44. The normalized spacial score (nSPS) is 10.5. The van der Waals surface area contributed by atoms with Crippen LogP contribution in [0, 0.1) is 29.9 Å². The number of aromatic nitrogens is 4. The quantitative estimate of drug-likeness (QED) is 0.220. The number of para-hydroxylation sites is 2. The number of nitrogens with zero attached hydrogens (tertiary/aromatic N) is 4. The molecule has 0 spiro atoms. The molecule has 0 unspecified atom stereocenters. The van der Waals surface area contributed by atoms with Crippen molar-refractivity contribution in [2.24, 2.45) is 5.92 Å². The Morgan fingerprint density at radius 1 is 0.941 bits per heavy atom. The predicted molar refractivity (Wildman–Crippen MR) is 125 cm³/mol. The van der Waals surface area contributed by atoms with Gasteiger partial charge in [-0.2, -0.15) is 0 Å². The van der Waals surface area contributed by atoms with E-state index in [0.717, 1.165) is 35.4 Å². The zero-order chi connectivity index (χ0) is 23.2. The maximum atomic E-state index is 13.2. The van der Waals surface area contributed by atoms with Gasteiger partial charge in [0.2, 0.25) is 0 Å². The van der Waals surface area contributed by atoms with Crippen LogP contribution in [0.5, 0.6) is 0 Å². The summed E-state index contributed by atoms with van der Waals surface area (Å²) < 4.78 is 27.7. The summed E-state index contributed by atoms with van der Waals surface area (Å²) in [5.41, 5.74) is 3.92. The van der Waals surface area contributed by atoms with E-state index in [1.165, 1.54) is 5.56 Å². The van der Waals surface area contributed by atoms with Crippen molar-refractivity contribution in [3.63, 3.8) is 0 Å². The number of halogens is 2. The summed E-state index contributed by atoms with van der Waals surface area (Å²) in [6, 6.07) is 21.7. The van der Waals surface area contributed by atoms with Crippen molar-refractivity contribution in [3.8, 4) is 17.1 Å². The topological polar surface area (TPSA) is 43.6 Å². The van der Waals surface area contributed by atoms with Crippen molar-refractivity contribution in [2.75, 3.05) is 0 Å². The molecular formula is C27H22F2IrN4-2. The van der Waals surface area contributed by atoms with E-state index in [-0.39, 0.29) is 25.7 Å². The van der Waals surface area contributed by atoms with E-state index in [2.05, 4.69) is 53.3 Å². The molecule has 0 bridgehead atoms. The number of fused-ring (bicyclic) bond motifs is 1. The van der Waals surface area contributed by atoms with E-state index < -0.39 is 11.6 Å². The first-order chi connectivity index (χ1) is 16.0. The summed E-state index contributed by atoms with van der Waals surface area (Å²) in [6.07, 6.45) is 7.48. The maximum Gasteiger partial charge on any atom is 0.0554 e. The van der Waals surface area contributed by atoms with E-state index >= 15 is 0 Å². The van der Waals surface area contributed by atoms with Crippen LogP contribution < -0.4 is 0 Å². The van der Waals surface area contributed by atoms with Crippen molar-refractivity contribution < 1.29 is 28.9 Å². The van der Waals surface area contributed by atoms with Crippen LogP contribution in [0.2, 0.25) is 0 Å². The Labute approximate surface area is 211 Å². The van der Waals surface area contributed by atoms with Gasteiger partial charge in [-0.1, -0.05) is 79.0 Å². The second-order valence-corrected chi connectivity index (χ2v) is 7.91. The average Bonchev–Trinajstić information content (AvgIpc) is 3.24. The fourth-order valence-electron chi connectivity index (χ4n) is 3.41. The zero-order valence-corrected chi connectivity index (χ0v) is 21.1. The second-order valence-electron chi connectivity index (χ2n) is 7.91. The van der Waals surface area contributed by atoms with E-state index in [9.17, 15) is 8.78 Å². The van der Waals surface area contributed by atoms with Crippen LogP contribution in [0.4, 0.5) is 8.78 Å². The van der Waals surface area contributed by atoms with Crippen molar-refractivity contribution >= 4 is 11.0 Å². The third-order valence-corrected chi connectivity index (χ3v) is 4.85. The Morgan fingerprint density at radius 2 is 1.74 bits per heavy atom. The molecule has 34 heavy (non-hydrogen) atoms. The summed E-state index contributed by atoms with van der Waals surface area (Å²) in [5, 5.41) is 0. The molecule has 5 rings (SSSR count). The molecule has 0 atom stereocenters. The first-order valence-electron chi connectivity index (χ1n) is 10.6. The third kappa shape index (κ3) is 6.19. The molecule has 2 aromatic carbocycles. The van der Waals surface area contributed by atoms with Crippen molar-refractivity contribution in [1.82, 2.24) is 19.5 Å². The Balaban J connectivity index is 0.000000193. The molecule has 0 saturated carbocycles. The Bertz CT molecular complexity index is 1350. The fraction of sp³-hybridized carbons (Fsp3) is 0.148. The van der Waals surface area contributed by atoms with Gasteiger partial charge in [0.05, 0.1) is 5.82 Å². The Kier molecular flexibility index (Phi) is 8.74. The van der Waals surface area contributed by atoms with Gasteiger partial charge in [-0.25, -0.2) is 0 Å². The van der Waals surface area contributed by atoms with Crippen LogP contribution in [0.1, 0.15) is 19.4 Å². The first-order valence-corrected chi connectivity index (χ1v) is 10.6. The predicted octanol–water partition coefficient (Wildman–Crippen LogP) is 6.24. The van der Waals surface area contributed by atoms with Crippen molar-refractivity contribution in [3.05, 3.63) is 109 Å². The SMILES string of the molecule is CC(C)Cc1ccnc(-n2[c-]nc3ccccc32)c1.Fc1c[c-]c(-c2ccccn2)c(F)c1.[Ir]. The van der Waals surface area contributed by atoms with Crippen molar-refractivity contribution in [2.45, 2.75) is 20.3 Å².